The van der Waals surface area contributed by atoms with Gasteiger partial charge in [0.15, 0.2) is 0 Å². The van der Waals surface area contributed by atoms with Crippen molar-refractivity contribution >= 4 is 29.1 Å². The summed E-state index contributed by atoms with van der Waals surface area (Å²) < 4.78 is 10.8. The Hall–Kier alpha value is -3.03. The molecule has 0 bridgehead atoms. The SMILES string of the molecule is COCCCN1C(=O)C(=O)/C(=C(\O)c2ccc3c(c2)CC(C)O3)C1c1ccc(O)c(Cl)c1. The molecular formula is C24H24ClNO6. The number of benzene rings is 2. The Kier molecular flexibility index (Phi) is 6.13. The maximum atomic E-state index is 13.0. The van der Waals surface area contributed by atoms with Crippen molar-refractivity contribution in [2.45, 2.75) is 31.9 Å². The third kappa shape index (κ3) is 3.94. The number of rotatable bonds is 6. The minimum absolute atomic E-state index is 0.0129. The van der Waals surface area contributed by atoms with Gasteiger partial charge in [-0.1, -0.05) is 17.7 Å². The van der Waals surface area contributed by atoms with Crippen LogP contribution in [0, 0.1) is 0 Å². The lowest BCUT2D eigenvalue weighted by Gasteiger charge is -2.25. The van der Waals surface area contributed by atoms with Crippen molar-refractivity contribution < 1.29 is 29.3 Å². The topological polar surface area (TPSA) is 96.3 Å². The number of likely N-dealkylation sites (tertiary alicyclic amines) is 1. The molecule has 2 aromatic rings. The lowest BCUT2D eigenvalue weighted by Crippen LogP contribution is -2.31. The van der Waals surface area contributed by atoms with E-state index in [1.807, 2.05) is 6.92 Å². The highest BCUT2D eigenvalue weighted by molar-refractivity contribution is 6.46. The van der Waals surface area contributed by atoms with E-state index in [-0.39, 0.29) is 34.8 Å². The molecule has 2 unspecified atom stereocenters. The highest BCUT2D eigenvalue weighted by Crippen LogP contribution is 2.42. The summed E-state index contributed by atoms with van der Waals surface area (Å²) in [5.74, 6) is -1.08. The molecule has 1 saturated heterocycles. The number of hydrogen-bond acceptors (Lipinski definition) is 6. The minimum atomic E-state index is -0.839. The molecule has 7 nitrogen and oxygen atoms in total. The Morgan fingerprint density at radius 1 is 1.25 bits per heavy atom. The third-order valence-electron chi connectivity index (χ3n) is 5.74. The van der Waals surface area contributed by atoms with Gasteiger partial charge < -0.3 is 24.6 Å². The second-order valence-electron chi connectivity index (χ2n) is 8.00. The number of ketones is 1. The molecule has 32 heavy (non-hydrogen) atoms. The minimum Gasteiger partial charge on any atom is -0.507 e. The van der Waals surface area contributed by atoms with Gasteiger partial charge in [-0.25, -0.2) is 0 Å². The molecule has 8 heteroatoms. The molecule has 1 fully saturated rings. The highest BCUT2D eigenvalue weighted by atomic mass is 35.5. The van der Waals surface area contributed by atoms with E-state index in [1.54, 1.807) is 31.4 Å². The number of aromatic hydroxyl groups is 1. The molecule has 168 valence electrons. The smallest absolute Gasteiger partial charge is 0.295 e. The summed E-state index contributed by atoms with van der Waals surface area (Å²) in [4.78, 5) is 27.3. The number of phenols is 1. The lowest BCUT2D eigenvalue weighted by atomic mass is 9.94. The van der Waals surface area contributed by atoms with Gasteiger partial charge in [-0.2, -0.15) is 0 Å². The Morgan fingerprint density at radius 2 is 2.03 bits per heavy atom. The number of ether oxygens (including phenoxy) is 2. The van der Waals surface area contributed by atoms with E-state index >= 15 is 0 Å². The van der Waals surface area contributed by atoms with Crippen LogP contribution in [-0.4, -0.2) is 53.2 Å². The lowest BCUT2D eigenvalue weighted by molar-refractivity contribution is -0.140. The molecule has 2 aromatic carbocycles. The number of hydrogen-bond donors (Lipinski definition) is 2. The molecule has 0 aromatic heterocycles. The summed E-state index contributed by atoms with van der Waals surface area (Å²) in [7, 11) is 1.56. The first-order valence-corrected chi connectivity index (χ1v) is 10.7. The zero-order valence-electron chi connectivity index (χ0n) is 17.8. The van der Waals surface area contributed by atoms with Crippen LogP contribution in [0.15, 0.2) is 42.0 Å². The summed E-state index contributed by atoms with van der Waals surface area (Å²) >= 11 is 6.11. The van der Waals surface area contributed by atoms with Crippen LogP contribution in [0.2, 0.25) is 5.02 Å². The van der Waals surface area contributed by atoms with Crippen LogP contribution in [0.5, 0.6) is 11.5 Å². The number of aliphatic hydroxyl groups excluding tert-OH is 1. The number of Topliss-reactive ketones (excluding diaryl/α,β-unsaturated/α-hetero) is 1. The number of carbonyl (C=O) groups is 2. The summed E-state index contributed by atoms with van der Waals surface area (Å²) in [6, 6.07) is 8.87. The predicted molar refractivity (Wildman–Crippen MR) is 119 cm³/mol. The zero-order chi connectivity index (χ0) is 23.0. The number of phenolic OH excluding ortho intramolecular Hbond substituents is 1. The van der Waals surface area contributed by atoms with Gasteiger partial charge in [0.25, 0.3) is 11.7 Å². The Balaban J connectivity index is 1.82. The van der Waals surface area contributed by atoms with E-state index in [1.165, 1.54) is 17.0 Å². The predicted octanol–water partition coefficient (Wildman–Crippen LogP) is 3.83. The van der Waals surface area contributed by atoms with E-state index in [0.29, 0.717) is 30.6 Å². The van der Waals surface area contributed by atoms with Gasteiger partial charge in [0.05, 0.1) is 16.6 Å². The summed E-state index contributed by atoms with van der Waals surface area (Å²) in [5, 5.41) is 21.1. The highest BCUT2D eigenvalue weighted by Gasteiger charge is 2.46. The molecule has 4 rings (SSSR count). The van der Waals surface area contributed by atoms with Gasteiger partial charge in [-0.05, 0) is 54.8 Å². The van der Waals surface area contributed by atoms with Crippen LogP contribution in [0.3, 0.4) is 0 Å². The molecule has 1 amide bonds. The van der Waals surface area contributed by atoms with Crippen molar-refractivity contribution in [1.29, 1.82) is 0 Å². The van der Waals surface area contributed by atoms with Crippen molar-refractivity contribution in [3.05, 3.63) is 63.7 Å². The monoisotopic (exact) mass is 457 g/mol. The van der Waals surface area contributed by atoms with Crippen LogP contribution in [0.4, 0.5) is 0 Å². The first-order chi connectivity index (χ1) is 15.3. The molecule has 0 aliphatic carbocycles. The van der Waals surface area contributed by atoms with Gasteiger partial charge in [0.2, 0.25) is 0 Å². The third-order valence-corrected chi connectivity index (χ3v) is 6.05. The number of fused-ring (bicyclic) bond motifs is 1. The molecule has 0 spiro atoms. The molecule has 0 saturated carbocycles. The molecular weight excluding hydrogens is 434 g/mol. The van der Waals surface area contributed by atoms with E-state index < -0.39 is 17.7 Å². The van der Waals surface area contributed by atoms with Crippen LogP contribution in [0.1, 0.15) is 36.1 Å². The number of methoxy groups -OCH3 is 1. The first kappa shape index (κ1) is 22.2. The fourth-order valence-corrected chi connectivity index (χ4v) is 4.44. The van der Waals surface area contributed by atoms with E-state index in [0.717, 1.165) is 11.3 Å². The van der Waals surface area contributed by atoms with Crippen LogP contribution in [0.25, 0.3) is 5.76 Å². The second kappa shape index (κ2) is 8.84. The molecule has 2 atom stereocenters. The number of carbonyl (C=O) groups excluding carboxylic acids is 2. The van der Waals surface area contributed by atoms with Gasteiger partial charge in [0, 0.05) is 32.2 Å². The van der Waals surface area contributed by atoms with Gasteiger partial charge in [0.1, 0.15) is 23.4 Å². The Labute approximate surface area is 190 Å². The number of halogens is 1. The normalized spacial score (nSPS) is 21.7. The van der Waals surface area contributed by atoms with Gasteiger partial charge in [-0.3, -0.25) is 9.59 Å². The summed E-state index contributed by atoms with van der Waals surface area (Å²) in [6.45, 7) is 2.63. The van der Waals surface area contributed by atoms with Gasteiger partial charge in [-0.15, -0.1) is 0 Å². The van der Waals surface area contributed by atoms with Crippen LogP contribution < -0.4 is 4.74 Å². The average molecular weight is 458 g/mol. The number of aliphatic hydroxyl groups is 1. The van der Waals surface area contributed by atoms with Crippen LogP contribution >= 0.6 is 11.6 Å². The number of amides is 1. The fourth-order valence-electron chi connectivity index (χ4n) is 4.25. The molecule has 2 aliphatic heterocycles. The summed E-state index contributed by atoms with van der Waals surface area (Å²) in [6.07, 6.45) is 1.24. The Morgan fingerprint density at radius 3 is 2.75 bits per heavy atom. The zero-order valence-corrected chi connectivity index (χ0v) is 18.6. The molecule has 2 heterocycles. The number of nitrogens with zero attached hydrogens (tertiary/aromatic N) is 1. The maximum Gasteiger partial charge on any atom is 0.295 e. The van der Waals surface area contributed by atoms with Crippen molar-refractivity contribution in [3.63, 3.8) is 0 Å². The van der Waals surface area contributed by atoms with E-state index in [9.17, 15) is 19.8 Å². The summed E-state index contributed by atoms with van der Waals surface area (Å²) in [5.41, 5.74) is 1.87. The molecule has 0 radical (unpaired) electrons. The largest absolute Gasteiger partial charge is 0.507 e. The van der Waals surface area contributed by atoms with E-state index in [4.69, 9.17) is 21.1 Å². The standard InChI is InChI=1S/C24H24ClNO6/c1-13-10-16-11-15(5-7-19(16)32-13)22(28)20-21(14-4-6-18(27)17(25)12-14)26(8-3-9-31-2)24(30)23(20)29/h4-7,11-13,21,27-28H,3,8-10H2,1-2H3/b22-20-. The van der Waals surface area contributed by atoms with Crippen molar-refractivity contribution in [3.8, 4) is 11.5 Å². The first-order valence-electron chi connectivity index (χ1n) is 10.4. The van der Waals surface area contributed by atoms with Gasteiger partial charge >= 0.3 is 0 Å². The second-order valence-corrected chi connectivity index (χ2v) is 8.41. The van der Waals surface area contributed by atoms with Crippen LogP contribution in [-0.2, 0) is 20.7 Å². The van der Waals surface area contributed by atoms with E-state index in [2.05, 4.69) is 0 Å². The maximum absolute atomic E-state index is 13.0. The molecule has 2 aliphatic rings. The average Bonchev–Trinajstić information content (AvgIpc) is 3.26. The van der Waals surface area contributed by atoms with Crippen molar-refractivity contribution in [1.82, 2.24) is 4.90 Å². The Bertz CT molecular complexity index is 1110. The van der Waals surface area contributed by atoms with Crippen molar-refractivity contribution in [2.75, 3.05) is 20.3 Å². The molecule has 2 N–H and O–H groups in total. The quantitative estimate of drug-likeness (QED) is 0.296. The van der Waals surface area contributed by atoms with Crippen molar-refractivity contribution in [2.24, 2.45) is 0 Å². The fraction of sp³-hybridized carbons (Fsp3) is 0.333.